The zero-order chi connectivity index (χ0) is 21.0. The minimum atomic E-state index is -0.525. The molecule has 0 aliphatic heterocycles. The standard InChI is InChI=1S/C21H19ClFN3O3/c1-13-9-20(28)26(21(25-13)15-4-6-16(29-2)7-5-15)12-19(27)24-11-14-3-8-18(23)17(22)10-14/h3-10H,11-12H2,1-2H3,(H,24,27). The quantitative estimate of drug-likeness (QED) is 0.670. The number of hydrogen-bond acceptors (Lipinski definition) is 4. The van der Waals surface area contributed by atoms with Crippen LogP contribution in [0.15, 0.2) is 53.3 Å². The molecule has 0 saturated heterocycles. The third kappa shape index (κ3) is 5.00. The highest BCUT2D eigenvalue weighted by Gasteiger charge is 2.13. The molecule has 150 valence electrons. The Balaban J connectivity index is 1.81. The molecule has 8 heteroatoms. The molecular weight excluding hydrogens is 397 g/mol. The zero-order valence-electron chi connectivity index (χ0n) is 15.9. The molecule has 0 aliphatic carbocycles. The Morgan fingerprint density at radius 1 is 1.21 bits per heavy atom. The molecule has 1 aromatic heterocycles. The van der Waals surface area contributed by atoms with Crippen molar-refractivity contribution in [2.75, 3.05) is 7.11 Å². The molecule has 0 aliphatic rings. The summed E-state index contributed by atoms with van der Waals surface area (Å²) in [6, 6.07) is 12.6. The molecule has 3 rings (SSSR count). The van der Waals surface area contributed by atoms with Crippen molar-refractivity contribution >= 4 is 17.5 Å². The van der Waals surface area contributed by atoms with E-state index in [0.717, 1.165) is 0 Å². The number of aryl methyl sites for hydroxylation is 1. The number of hydrogen-bond donors (Lipinski definition) is 1. The average Bonchev–Trinajstić information content (AvgIpc) is 2.71. The van der Waals surface area contributed by atoms with E-state index in [4.69, 9.17) is 16.3 Å². The first-order valence-corrected chi connectivity index (χ1v) is 9.18. The summed E-state index contributed by atoms with van der Waals surface area (Å²) < 4.78 is 19.7. The third-order valence-corrected chi connectivity index (χ3v) is 4.55. The second-order valence-corrected chi connectivity index (χ2v) is 6.81. The van der Waals surface area contributed by atoms with Gasteiger partial charge in [0, 0.05) is 23.9 Å². The molecule has 1 amide bonds. The highest BCUT2D eigenvalue weighted by Crippen LogP contribution is 2.20. The van der Waals surface area contributed by atoms with E-state index >= 15 is 0 Å². The van der Waals surface area contributed by atoms with Crippen LogP contribution < -0.4 is 15.6 Å². The van der Waals surface area contributed by atoms with Gasteiger partial charge in [-0.25, -0.2) is 9.37 Å². The molecule has 0 fully saturated rings. The van der Waals surface area contributed by atoms with Crippen molar-refractivity contribution in [2.24, 2.45) is 0 Å². The van der Waals surface area contributed by atoms with Crippen LogP contribution in [0.4, 0.5) is 4.39 Å². The van der Waals surface area contributed by atoms with Gasteiger partial charge in [-0.15, -0.1) is 0 Å². The number of carbonyl (C=O) groups excluding carboxylic acids is 1. The number of rotatable bonds is 6. The van der Waals surface area contributed by atoms with Gasteiger partial charge < -0.3 is 10.1 Å². The number of ether oxygens (including phenoxy) is 1. The van der Waals surface area contributed by atoms with Crippen LogP contribution in [0.5, 0.6) is 5.75 Å². The minimum Gasteiger partial charge on any atom is -0.497 e. The Labute approximate surface area is 171 Å². The smallest absolute Gasteiger partial charge is 0.254 e. The molecule has 29 heavy (non-hydrogen) atoms. The first-order chi connectivity index (χ1) is 13.9. The SMILES string of the molecule is COc1ccc(-c2nc(C)cc(=O)n2CC(=O)NCc2ccc(F)c(Cl)c2)cc1. The fourth-order valence-corrected chi connectivity index (χ4v) is 2.99. The van der Waals surface area contributed by atoms with Crippen LogP contribution >= 0.6 is 11.6 Å². The number of amides is 1. The summed E-state index contributed by atoms with van der Waals surface area (Å²) in [5, 5.41) is 2.69. The van der Waals surface area contributed by atoms with Crippen molar-refractivity contribution in [1.29, 1.82) is 0 Å². The fraction of sp³-hybridized carbons (Fsp3) is 0.190. The van der Waals surface area contributed by atoms with E-state index < -0.39 is 5.82 Å². The van der Waals surface area contributed by atoms with E-state index in [9.17, 15) is 14.0 Å². The summed E-state index contributed by atoms with van der Waals surface area (Å²) in [6.07, 6.45) is 0. The molecule has 3 aromatic rings. The van der Waals surface area contributed by atoms with E-state index in [1.165, 1.54) is 28.8 Å². The van der Waals surface area contributed by atoms with Crippen LogP contribution in [-0.4, -0.2) is 22.6 Å². The van der Waals surface area contributed by atoms with E-state index in [1.807, 2.05) is 0 Å². The van der Waals surface area contributed by atoms with E-state index in [0.29, 0.717) is 28.4 Å². The zero-order valence-corrected chi connectivity index (χ0v) is 16.7. The van der Waals surface area contributed by atoms with Crippen molar-refractivity contribution in [3.05, 3.63) is 81.0 Å². The molecule has 0 radical (unpaired) electrons. The lowest BCUT2D eigenvalue weighted by molar-refractivity contribution is -0.121. The number of halogens is 2. The van der Waals surface area contributed by atoms with Gasteiger partial charge in [-0.2, -0.15) is 0 Å². The molecule has 0 atom stereocenters. The van der Waals surface area contributed by atoms with Crippen LogP contribution in [0, 0.1) is 12.7 Å². The average molecular weight is 416 g/mol. The summed E-state index contributed by atoms with van der Waals surface area (Å²) in [7, 11) is 1.56. The number of benzene rings is 2. The normalized spacial score (nSPS) is 10.6. The predicted molar refractivity (Wildman–Crippen MR) is 108 cm³/mol. The fourth-order valence-electron chi connectivity index (χ4n) is 2.78. The lowest BCUT2D eigenvalue weighted by Crippen LogP contribution is -2.33. The third-order valence-electron chi connectivity index (χ3n) is 4.26. The second kappa shape index (κ2) is 8.87. The maximum Gasteiger partial charge on any atom is 0.254 e. The monoisotopic (exact) mass is 415 g/mol. The van der Waals surface area contributed by atoms with Gasteiger partial charge in [0.25, 0.3) is 5.56 Å². The topological polar surface area (TPSA) is 73.2 Å². The Kier molecular flexibility index (Phi) is 6.29. The summed E-state index contributed by atoms with van der Waals surface area (Å²) in [6.45, 7) is 1.67. The van der Waals surface area contributed by atoms with Crippen LogP contribution in [-0.2, 0) is 17.9 Å². The van der Waals surface area contributed by atoms with Crippen LogP contribution in [0.25, 0.3) is 11.4 Å². The highest BCUT2D eigenvalue weighted by molar-refractivity contribution is 6.30. The summed E-state index contributed by atoms with van der Waals surface area (Å²) in [4.78, 5) is 29.4. The number of methoxy groups -OCH3 is 1. The molecule has 1 heterocycles. The van der Waals surface area contributed by atoms with Crippen molar-refractivity contribution in [3.8, 4) is 17.1 Å². The van der Waals surface area contributed by atoms with Crippen molar-refractivity contribution < 1.29 is 13.9 Å². The minimum absolute atomic E-state index is 0.0162. The molecular formula is C21H19ClFN3O3. The number of nitrogens with one attached hydrogen (secondary N) is 1. The predicted octanol–water partition coefficient (Wildman–Crippen LogP) is 3.34. The van der Waals surface area contributed by atoms with Crippen molar-refractivity contribution in [2.45, 2.75) is 20.0 Å². The maximum atomic E-state index is 13.2. The van der Waals surface area contributed by atoms with Crippen molar-refractivity contribution in [1.82, 2.24) is 14.9 Å². The molecule has 0 saturated carbocycles. The van der Waals surface area contributed by atoms with Gasteiger partial charge in [-0.05, 0) is 48.9 Å². The number of nitrogens with zero attached hydrogens (tertiary/aromatic N) is 2. The molecule has 6 nitrogen and oxygen atoms in total. The second-order valence-electron chi connectivity index (χ2n) is 6.40. The number of carbonyl (C=O) groups is 1. The van der Waals surface area contributed by atoms with Crippen LogP contribution in [0.3, 0.4) is 0 Å². The Hall–Kier alpha value is -3.19. The lowest BCUT2D eigenvalue weighted by Gasteiger charge is -2.13. The van der Waals surface area contributed by atoms with Gasteiger partial charge in [0.05, 0.1) is 12.1 Å². The van der Waals surface area contributed by atoms with Gasteiger partial charge in [0.1, 0.15) is 23.9 Å². The van der Waals surface area contributed by atoms with Crippen molar-refractivity contribution in [3.63, 3.8) is 0 Å². The first-order valence-electron chi connectivity index (χ1n) is 8.81. The first kappa shape index (κ1) is 20.5. The molecule has 0 spiro atoms. The van der Waals surface area contributed by atoms with Crippen LogP contribution in [0.2, 0.25) is 5.02 Å². The highest BCUT2D eigenvalue weighted by atomic mass is 35.5. The summed E-state index contributed by atoms with van der Waals surface area (Å²) in [5.41, 5.74) is 1.56. The van der Waals surface area contributed by atoms with E-state index in [2.05, 4.69) is 10.3 Å². The molecule has 1 N–H and O–H groups in total. The summed E-state index contributed by atoms with van der Waals surface area (Å²) >= 11 is 5.75. The van der Waals surface area contributed by atoms with Gasteiger partial charge in [-0.1, -0.05) is 17.7 Å². The Morgan fingerprint density at radius 3 is 2.59 bits per heavy atom. The van der Waals surface area contributed by atoms with E-state index in [1.54, 1.807) is 38.3 Å². The number of aromatic nitrogens is 2. The van der Waals surface area contributed by atoms with Gasteiger partial charge in [0.15, 0.2) is 0 Å². The summed E-state index contributed by atoms with van der Waals surface area (Å²) in [5.74, 6) is 0.153. The Bertz CT molecular complexity index is 1100. The van der Waals surface area contributed by atoms with Gasteiger partial charge >= 0.3 is 0 Å². The van der Waals surface area contributed by atoms with E-state index in [-0.39, 0.29) is 29.6 Å². The maximum absolute atomic E-state index is 13.2. The molecule has 2 aromatic carbocycles. The van der Waals surface area contributed by atoms with Gasteiger partial charge in [0.2, 0.25) is 5.91 Å². The van der Waals surface area contributed by atoms with Crippen LogP contribution in [0.1, 0.15) is 11.3 Å². The molecule has 0 unspecified atom stereocenters. The largest absolute Gasteiger partial charge is 0.497 e. The van der Waals surface area contributed by atoms with Gasteiger partial charge in [-0.3, -0.25) is 14.2 Å². The lowest BCUT2D eigenvalue weighted by atomic mass is 10.2. The molecule has 0 bridgehead atoms. The Morgan fingerprint density at radius 2 is 1.93 bits per heavy atom.